The SMILES string of the molecule is COCCNCCn1nnnc1SCc1cn(C)nn1. The minimum atomic E-state index is 0.698. The second-order valence-electron chi connectivity index (χ2n) is 4.10. The summed E-state index contributed by atoms with van der Waals surface area (Å²) in [7, 11) is 3.53. The van der Waals surface area contributed by atoms with Crippen molar-refractivity contribution in [2.45, 2.75) is 17.5 Å². The highest BCUT2D eigenvalue weighted by atomic mass is 32.2. The zero-order valence-electron chi connectivity index (χ0n) is 11.6. The van der Waals surface area contributed by atoms with Crippen molar-refractivity contribution in [1.29, 1.82) is 0 Å². The number of hydrogen-bond donors (Lipinski definition) is 1. The lowest BCUT2D eigenvalue weighted by molar-refractivity contribution is 0.199. The molecule has 0 bridgehead atoms. The molecule has 2 heterocycles. The van der Waals surface area contributed by atoms with Crippen LogP contribution in [0.2, 0.25) is 0 Å². The molecule has 0 radical (unpaired) electrons. The highest BCUT2D eigenvalue weighted by Crippen LogP contribution is 2.17. The Morgan fingerprint density at radius 1 is 1.30 bits per heavy atom. The first-order valence-electron chi connectivity index (χ1n) is 6.23. The van der Waals surface area contributed by atoms with Crippen LogP contribution in [0.25, 0.3) is 0 Å². The van der Waals surface area contributed by atoms with Crippen LogP contribution in [0.3, 0.4) is 0 Å². The van der Waals surface area contributed by atoms with E-state index in [0.29, 0.717) is 12.4 Å². The van der Waals surface area contributed by atoms with Crippen LogP contribution in [0.1, 0.15) is 5.69 Å². The van der Waals surface area contributed by atoms with Crippen molar-refractivity contribution in [2.24, 2.45) is 7.05 Å². The fraction of sp³-hybridized carbons (Fsp3) is 0.700. The van der Waals surface area contributed by atoms with Crippen molar-refractivity contribution >= 4 is 11.8 Å². The van der Waals surface area contributed by atoms with Crippen molar-refractivity contribution in [1.82, 2.24) is 40.5 Å². The summed E-state index contributed by atoms with van der Waals surface area (Å²) in [5, 5.41) is 23.6. The normalized spacial score (nSPS) is 11.1. The number of nitrogens with one attached hydrogen (secondary N) is 1. The second-order valence-corrected chi connectivity index (χ2v) is 5.04. The van der Waals surface area contributed by atoms with E-state index in [0.717, 1.165) is 30.5 Å². The van der Waals surface area contributed by atoms with Crippen LogP contribution in [0, 0.1) is 0 Å². The van der Waals surface area contributed by atoms with Gasteiger partial charge in [-0.3, -0.25) is 4.68 Å². The van der Waals surface area contributed by atoms with Gasteiger partial charge in [-0.1, -0.05) is 17.0 Å². The van der Waals surface area contributed by atoms with E-state index in [2.05, 4.69) is 31.2 Å². The maximum absolute atomic E-state index is 4.96. The topological polar surface area (TPSA) is 95.6 Å². The fourth-order valence-electron chi connectivity index (χ4n) is 1.52. The quantitative estimate of drug-likeness (QED) is 0.481. The van der Waals surface area contributed by atoms with Gasteiger partial charge < -0.3 is 10.1 Å². The molecule has 0 saturated heterocycles. The van der Waals surface area contributed by atoms with Crippen molar-refractivity contribution in [3.05, 3.63) is 11.9 Å². The Labute approximate surface area is 121 Å². The number of rotatable bonds is 9. The molecule has 0 atom stereocenters. The number of methoxy groups -OCH3 is 1. The van der Waals surface area contributed by atoms with Crippen molar-refractivity contribution in [3.8, 4) is 0 Å². The molecule has 0 aliphatic heterocycles. The number of aryl methyl sites for hydroxylation is 1. The van der Waals surface area contributed by atoms with Crippen molar-refractivity contribution in [2.75, 3.05) is 26.8 Å². The van der Waals surface area contributed by atoms with Crippen LogP contribution in [0.5, 0.6) is 0 Å². The van der Waals surface area contributed by atoms with E-state index in [1.54, 1.807) is 28.2 Å². The predicted octanol–water partition coefficient (Wildman–Crippen LogP) is -0.670. The molecule has 0 aliphatic carbocycles. The zero-order valence-corrected chi connectivity index (χ0v) is 12.4. The number of nitrogens with zero attached hydrogens (tertiary/aromatic N) is 7. The Hall–Kier alpha value is -1.52. The lowest BCUT2D eigenvalue weighted by Gasteiger charge is -2.05. The van der Waals surface area contributed by atoms with E-state index >= 15 is 0 Å². The monoisotopic (exact) mass is 298 g/mol. The Kier molecular flexibility index (Phi) is 5.89. The van der Waals surface area contributed by atoms with Crippen LogP contribution in [0.4, 0.5) is 0 Å². The molecule has 0 spiro atoms. The standard InChI is InChI=1S/C10H18N8OS/c1-17-7-9(12-15-17)8-20-10-13-14-16-18(10)5-3-11-4-6-19-2/h7,11H,3-6,8H2,1-2H3. The Morgan fingerprint density at radius 3 is 2.95 bits per heavy atom. The molecule has 1 N–H and O–H groups in total. The Bertz CT molecular complexity index is 513. The summed E-state index contributed by atoms with van der Waals surface area (Å²) in [6.07, 6.45) is 1.88. The first-order chi connectivity index (χ1) is 9.79. The van der Waals surface area contributed by atoms with E-state index in [9.17, 15) is 0 Å². The maximum Gasteiger partial charge on any atom is 0.209 e. The molecule has 0 unspecified atom stereocenters. The van der Waals surface area contributed by atoms with Crippen molar-refractivity contribution in [3.63, 3.8) is 0 Å². The molecule has 9 nitrogen and oxygen atoms in total. The lowest BCUT2D eigenvalue weighted by Crippen LogP contribution is -2.24. The summed E-state index contributed by atoms with van der Waals surface area (Å²) in [5.41, 5.74) is 0.908. The van der Waals surface area contributed by atoms with E-state index in [-0.39, 0.29) is 0 Å². The molecule has 2 rings (SSSR count). The van der Waals surface area contributed by atoms with Crippen LogP contribution in [-0.2, 0) is 24.1 Å². The third-order valence-electron chi connectivity index (χ3n) is 2.48. The van der Waals surface area contributed by atoms with Gasteiger partial charge in [0, 0.05) is 39.2 Å². The van der Waals surface area contributed by atoms with Gasteiger partial charge in [-0.2, -0.15) is 0 Å². The van der Waals surface area contributed by atoms with Gasteiger partial charge in [0.1, 0.15) is 0 Å². The number of aromatic nitrogens is 7. The van der Waals surface area contributed by atoms with Gasteiger partial charge in [0.2, 0.25) is 5.16 Å². The largest absolute Gasteiger partial charge is 0.383 e. The van der Waals surface area contributed by atoms with Gasteiger partial charge in [-0.25, -0.2) is 4.68 Å². The summed E-state index contributed by atoms with van der Waals surface area (Å²) in [4.78, 5) is 0. The smallest absolute Gasteiger partial charge is 0.209 e. The zero-order chi connectivity index (χ0) is 14.2. The van der Waals surface area contributed by atoms with E-state index in [4.69, 9.17) is 4.74 Å². The number of thioether (sulfide) groups is 1. The highest BCUT2D eigenvalue weighted by molar-refractivity contribution is 7.98. The third-order valence-corrected chi connectivity index (χ3v) is 3.47. The van der Waals surface area contributed by atoms with Gasteiger partial charge in [-0.05, 0) is 10.4 Å². The summed E-state index contributed by atoms with van der Waals surface area (Å²) in [5.74, 6) is 0.700. The molecule has 2 aromatic heterocycles. The summed E-state index contributed by atoms with van der Waals surface area (Å²) >= 11 is 1.55. The summed E-state index contributed by atoms with van der Waals surface area (Å²) in [6, 6.07) is 0. The lowest BCUT2D eigenvalue weighted by atomic mass is 10.6. The third kappa shape index (κ3) is 4.54. The molecule has 20 heavy (non-hydrogen) atoms. The minimum Gasteiger partial charge on any atom is -0.383 e. The van der Waals surface area contributed by atoms with Gasteiger partial charge in [0.05, 0.1) is 18.8 Å². The molecule has 0 fully saturated rings. The molecule has 110 valence electrons. The minimum absolute atomic E-state index is 0.698. The fourth-order valence-corrected chi connectivity index (χ4v) is 2.30. The second kappa shape index (κ2) is 7.92. The first kappa shape index (κ1) is 14.9. The Morgan fingerprint density at radius 2 is 2.20 bits per heavy atom. The Balaban J connectivity index is 1.76. The van der Waals surface area contributed by atoms with Gasteiger partial charge >= 0.3 is 0 Å². The predicted molar refractivity (Wildman–Crippen MR) is 73.1 cm³/mol. The average molecular weight is 298 g/mol. The molecular weight excluding hydrogens is 280 g/mol. The average Bonchev–Trinajstić information content (AvgIpc) is 3.05. The molecule has 0 saturated carbocycles. The number of ether oxygens (including phenoxy) is 1. The van der Waals surface area contributed by atoms with E-state index in [1.165, 1.54) is 0 Å². The molecular formula is C10H18N8OS. The molecule has 10 heteroatoms. The van der Waals surface area contributed by atoms with Crippen molar-refractivity contribution < 1.29 is 4.74 Å². The number of tetrazole rings is 1. The van der Waals surface area contributed by atoms with Gasteiger partial charge in [0.15, 0.2) is 0 Å². The van der Waals surface area contributed by atoms with E-state index < -0.39 is 0 Å². The highest BCUT2D eigenvalue weighted by Gasteiger charge is 2.08. The summed E-state index contributed by atoms with van der Waals surface area (Å²) < 4.78 is 8.42. The van der Waals surface area contributed by atoms with Crippen LogP contribution in [-0.4, -0.2) is 62.0 Å². The van der Waals surface area contributed by atoms with Crippen LogP contribution in [0.15, 0.2) is 11.4 Å². The number of hydrogen-bond acceptors (Lipinski definition) is 8. The van der Waals surface area contributed by atoms with E-state index in [1.807, 2.05) is 13.2 Å². The van der Waals surface area contributed by atoms with Crippen LogP contribution >= 0.6 is 11.8 Å². The molecule has 0 aliphatic rings. The van der Waals surface area contributed by atoms with Gasteiger partial charge in [0.25, 0.3) is 0 Å². The molecule has 0 amide bonds. The molecule has 0 aromatic carbocycles. The summed E-state index contributed by atoms with van der Waals surface area (Å²) in [6.45, 7) is 3.04. The van der Waals surface area contributed by atoms with Gasteiger partial charge in [-0.15, -0.1) is 10.2 Å². The first-order valence-corrected chi connectivity index (χ1v) is 7.22. The molecule has 2 aromatic rings. The maximum atomic E-state index is 4.96. The van der Waals surface area contributed by atoms with Crippen LogP contribution < -0.4 is 5.32 Å².